The molecule has 0 spiro atoms. The summed E-state index contributed by atoms with van der Waals surface area (Å²) in [5, 5.41) is 0.0325. The molecule has 2 aliphatic heterocycles. The van der Waals surface area contributed by atoms with Gasteiger partial charge in [0.2, 0.25) is 0 Å². The van der Waals surface area contributed by atoms with Crippen LogP contribution in [0.15, 0.2) is 35.0 Å². The first-order valence-corrected chi connectivity index (χ1v) is 7.78. The van der Waals surface area contributed by atoms with Crippen LogP contribution < -0.4 is 9.80 Å². The maximum atomic E-state index is 12.7. The molecule has 0 bridgehead atoms. The number of piperazine rings is 1. The summed E-state index contributed by atoms with van der Waals surface area (Å²) in [4.78, 5) is 29.6. The monoisotopic (exact) mass is 320 g/mol. The number of likely N-dealkylation sites (N-methyl/N-ethyl adjacent to an activating group) is 1. The lowest BCUT2D eigenvalue weighted by Gasteiger charge is -2.31. The molecule has 1 saturated heterocycles. The lowest BCUT2D eigenvalue weighted by atomic mass is 10.2. The van der Waals surface area contributed by atoms with Crippen molar-refractivity contribution in [2.75, 3.05) is 38.1 Å². The number of hydrogen-bond donors (Lipinski definition) is 1. The summed E-state index contributed by atoms with van der Waals surface area (Å²) in [5.41, 5.74) is 1.98. The van der Waals surface area contributed by atoms with E-state index >= 15 is 0 Å². The Hall–Kier alpha value is -1.85. The van der Waals surface area contributed by atoms with Crippen molar-refractivity contribution in [3.63, 3.8) is 0 Å². The van der Waals surface area contributed by atoms with Crippen molar-refractivity contribution < 1.29 is 14.5 Å². The fourth-order valence-electron chi connectivity index (χ4n) is 2.81. The maximum absolute atomic E-state index is 12.7. The number of hydrogen-bond acceptors (Lipinski definition) is 3. The van der Waals surface area contributed by atoms with Gasteiger partial charge in [0.05, 0.1) is 38.9 Å². The van der Waals surface area contributed by atoms with E-state index in [9.17, 15) is 9.59 Å². The van der Waals surface area contributed by atoms with Gasteiger partial charge in [-0.15, -0.1) is 0 Å². The summed E-state index contributed by atoms with van der Waals surface area (Å²) in [7, 11) is 2.12. The zero-order valence-corrected chi connectivity index (χ0v) is 13.5. The molecule has 0 atom stereocenters. The summed E-state index contributed by atoms with van der Waals surface area (Å²) in [6.45, 7) is 5.29. The molecule has 0 aromatic heterocycles. The Bertz CT molecular complexity index is 646. The van der Waals surface area contributed by atoms with Crippen LogP contribution in [0.25, 0.3) is 0 Å². The van der Waals surface area contributed by atoms with Gasteiger partial charge in [0.1, 0.15) is 10.7 Å². The van der Waals surface area contributed by atoms with Crippen LogP contribution in [-0.4, -0.2) is 49.9 Å². The lowest BCUT2D eigenvalue weighted by Crippen LogP contribution is -3.11. The molecule has 3 rings (SSSR count). The zero-order chi connectivity index (χ0) is 15.9. The van der Waals surface area contributed by atoms with Crippen LogP contribution in [0.3, 0.4) is 0 Å². The van der Waals surface area contributed by atoms with Gasteiger partial charge in [0.15, 0.2) is 0 Å². The summed E-state index contributed by atoms with van der Waals surface area (Å²) < 4.78 is 0. The third-order valence-corrected chi connectivity index (χ3v) is 4.57. The standard InChI is InChI=1S/C16H18ClN3O2/c1-11-3-5-12(6-4-11)20-15(21)13(17)14(16(20)22)19-9-7-18(2)8-10-19/h3-6H,7-10H2,1-2H3/p+1. The second kappa shape index (κ2) is 5.74. The molecular formula is C16H19ClN3O2+. The van der Waals surface area contributed by atoms with Crippen LogP contribution in [0.2, 0.25) is 0 Å². The fourth-order valence-corrected chi connectivity index (χ4v) is 3.09. The second-order valence-electron chi connectivity index (χ2n) is 5.89. The lowest BCUT2D eigenvalue weighted by molar-refractivity contribution is -0.883. The SMILES string of the molecule is Cc1ccc(N2C(=O)C(Cl)=C(N3CC[NH+](C)CC3)C2=O)cc1. The average Bonchev–Trinajstić information content (AvgIpc) is 2.72. The predicted octanol–water partition coefficient (Wildman–Crippen LogP) is 0.149. The number of quaternary nitrogens is 1. The van der Waals surface area contributed by atoms with Crippen molar-refractivity contribution in [3.05, 3.63) is 40.6 Å². The molecule has 2 amide bonds. The van der Waals surface area contributed by atoms with Gasteiger partial charge in [-0.05, 0) is 19.1 Å². The van der Waals surface area contributed by atoms with Crippen LogP contribution in [-0.2, 0) is 9.59 Å². The first-order chi connectivity index (χ1) is 10.5. The van der Waals surface area contributed by atoms with E-state index in [2.05, 4.69) is 7.05 Å². The van der Waals surface area contributed by atoms with E-state index in [0.717, 1.165) is 31.7 Å². The highest BCUT2D eigenvalue weighted by Crippen LogP contribution is 2.31. The van der Waals surface area contributed by atoms with Crippen LogP contribution in [0, 0.1) is 6.92 Å². The van der Waals surface area contributed by atoms with Crippen molar-refractivity contribution in [2.45, 2.75) is 6.92 Å². The van der Waals surface area contributed by atoms with Crippen LogP contribution >= 0.6 is 11.6 Å². The number of anilines is 1. The van der Waals surface area contributed by atoms with Gasteiger partial charge in [0, 0.05) is 0 Å². The van der Waals surface area contributed by atoms with Crippen molar-refractivity contribution in [2.24, 2.45) is 0 Å². The normalized spacial score (nSPS) is 20.3. The molecule has 1 aromatic carbocycles. The molecule has 2 heterocycles. The molecular weight excluding hydrogens is 302 g/mol. The van der Waals surface area contributed by atoms with Crippen molar-refractivity contribution in [1.29, 1.82) is 0 Å². The van der Waals surface area contributed by atoms with E-state index in [4.69, 9.17) is 11.6 Å². The van der Waals surface area contributed by atoms with Crippen molar-refractivity contribution in [3.8, 4) is 0 Å². The zero-order valence-electron chi connectivity index (χ0n) is 12.7. The second-order valence-corrected chi connectivity index (χ2v) is 6.27. The number of carbonyl (C=O) groups is 2. The molecule has 1 N–H and O–H groups in total. The van der Waals surface area contributed by atoms with Gasteiger partial charge in [0.25, 0.3) is 11.8 Å². The number of aryl methyl sites for hydroxylation is 1. The number of nitrogens with zero attached hydrogens (tertiary/aromatic N) is 2. The summed E-state index contributed by atoms with van der Waals surface area (Å²) >= 11 is 6.19. The largest absolute Gasteiger partial charge is 0.354 e. The highest BCUT2D eigenvalue weighted by molar-refractivity contribution is 6.52. The third kappa shape index (κ3) is 2.51. The molecule has 1 aromatic rings. The number of halogens is 1. The van der Waals surface area contributed by atoms with Crippen LogP contribution in [0.5, 0.6) is 0 Å². The molecule has 116 valence electrons. The van der Waals surface area contributed by atoms with E-state index in [0.29, 0.717) is 11.4 Å². The highest BCUT2D eigenvalue weighted by atomic mass is 35.5. The Morgan fingerprint density at radius 3 is 2.23 bits per heavy atom. The number of rotatable bonds is 2. The van der Waals surface area contributed by atoms with E-state index in [1.54, 1.807) is 12.1 Å². The van der Waals surface area contributed by atoms with Gasteiger partial charge < -0.3 is 9.80 Å². The number of carbonyl (C=O) groups excluding carboxylic acids is 2. The molecule has 1 fully saturated rings. The number of nitrogens with one attached hydrogen (secondary N) is 1. The highest BCUT2D eigenvalue weighted by Gasteiger charge is 2.42. The van der Waals surface area contributed by atoms with Crippen molar-refractivity contribution in [1.82, 2.24) is 4.90 Å². The molecule has 22 heavy (non-hydrogen) atoms. The first-order valence-electron chi connectivity index (χ1n) is 7.40. The molecule has 5 nitrogen and oxygen atoms in total. The predicted molar refractivity (Wildman–Crippen MR) is 84.7 cm³/mol. The average molecular weight is 321 g/mol. The van der Waals surface area contributed by atoms with Gasteiger partial charge in [-0.2, -0.15) is 0 Å². The van der Waals surface area contributed by atoms with Crippen LogP contribution in [0.1, 0.15) is 5.56 Å². The van der Waals surface area contributed by atoms with Gasteiger partial charge in [-0.25, -0.2) is 4.90 Å². The quantitative estimate of drug-likeness (QED) is 0.789. The Morgan fingerprint density at radius 1 is 1.05 bits per heavy atom. The van der Waals surface area contributed by atoms with Gasteiger partial charge >= 0.3 is 0 Å². The molecule has 0 aliphatic carbocycles. The Morgan fingerprint density at radius 2 is 1.64 bits per heavy atom. The maximum Gasteiger partial charge on any atom is 0.283 e. The molecule has 6 heteroatoms. The summed E-state index contributed by atoms with van der Waals surface area (Å²) in [6.07, 6.45) is 0. The summed E-state index contributed by atoms with van der Waals surface area (Å²) in [6, 6.07) is 7.29. The Balaban J connectivity index is 1.88. The van der Waals surface area contributed by atoms with E-state index < -0.39 is 5.91 Å². The molecule has 0 radical (unpaired) electrons. The minimum Gasteiger partial charge on any atom is -0.354 e. The van der Waals surface area contributed by atoms with Gasteiger partial charge in [-0.3, -0.25) is 9.59 Å². The minimum atomic E-state index is -0.434. The Labute approximate surface area is 134 Å². The number of amides is 2. The topological polar surface area (TPSA) is 45.1 Å². The van der Waals surface area contributed by atoms with Crippen molar-refractivity contribution >= 4 is 29.1 Å². The first kappa shape index (κ1) is 15.1. The van der Waals surface area contributed by atoms with Gasteiger partial charge in [-0.1, -0.05) is 29.3 Å². The summed E-state index contributed by atoms with van der Waals surface area (Å²) in [5.74, 6) is -0.754. The molecule has 2 aliphatic rings. The third-order valence-electron chi connectivity index (χ3n) is 4.23. The molecule has 0 unspecified atom stereocenters. The van der Waals surface area contributed by atoms with E-state index in [-0.39, 0.29) is 10.9 Å². The Kier molecular flexibility index (Phi) is 3.93. The fraction of sp³-hybridized carbons (Fsp3) is 0.375. The van der Waals surface area contributed by atoms with E-state index in [1.165, 1.54) is 9.80 Å². The minimum absolute atomic E-state index is 0.0325. The molecule has 0 saturated carbocycles. The van der Waals surface area contributed by atoms with E-state index in [1.807, 2.05) is 24.0 Å². The number of benzene rings is 1. The number of imide groups is 1. The smallest absolute Gasteiger partial charge is 0.283 e. The van der Waals surface area contributed by atoms with Crippen LogP contribution in [0.4, 0.5) is 5.69 Å².